The Bertz CT molecular complexity index is 991. The first-order valence-electron chi connectivity index (χ1n) is 9.38. The Hall–Kier alpha value is -2.67. The number of nitrogens with zero attached hydrogens (tertiary/aromatic N) is 3. The lowest BCUT2D eigenvalue weighted by molar-refractivity contribution is -0.115. The van der Waals surface area contributed by atoms with Crippen LogP contribution in [0.15, 0.2) is 53.7 Å². The molecule has 0 aliphatic heterocycles. The number of hydrogen-bond donors (Lipinski definition) is 1. The molecule has 152 valence electrons. The van der Waals surface area contributed by atoms with Crippen LogP contribution < -0.4 is 5.32 Å². The molecule has 0 saturated heterocycles. The molecule has 1 atom stereocenters. The van der Waals surface area contributed by atoms with Crippen molar-refractivity contribution in [1.29, 1.82) is 0 Å². The van der Waals surface area contributed by atoms with Gasteiger partial charge in [0.25, 0.3) is 0 Å². The maximum atomic E-state index is 13.0. The number of thioether (sulfide) groups is 1. The van der Waals surface area contributed by atoms with E-state index >= 15 is 0 Å². The molecule has 3 rings (SSSR count). The molecular weight excluding hydrogens is 387 g/mol. The number of carbonyl (C=O) groups is 1. The average molecular weight is 413 g/mol. The normalized spacial score (nSPS) is 12.6. The largest absolute Gasteiger partial charge is 0.325 e. The van der Waals surface area contributed by atoms with Crippen LogP contribution in [0.3, 0.4) is 0 Å². The van der Waals surface area contributed by atoms with Gasteiger partial charge in [0.05, 0.1) is 5.25 Å². The fourth-order valence-electron chi connectivity index (χ4n) is 2.78. The molecule has 1 amide bonds. The maximum absolute atomic E-state index is 13.0. The van der Waals surface area contributed by atoms with Crippen LogP contribution in [0.5, 0.6) is 0 Å². The van der Waals surface area contributed by atoms with Crippen LogP contribution in [0.1, 0.15) is 33.3 Å². The highest BCUT2D eigenvalue weighted by atomic mass is 32.2. The van der Waals surface area contributed by atoms with Crippen molar-refractivity contribution in [2.24, 2.45) is 7.05 Å². The van der Waals surface area contributed by atoms with E-state index in [4.69, 9.17) is 0 Å². The molecular formula is C22H25FN4OS. The molecule has 2 aromatic carbocycles. The number of amides is 1. The molecule has 0 fully saturated rings. The van der Waals surface area contributed by atoms with Gasteiger partial charge in [-0.3, -0.25) is 4.79 Å². The van der Waals surface area contributed by atoms with Crippen molar-refractivity contribution in [3.8, 4) is 11.4 Å². The Morgan fingerprint density at radius 1 is 1.07 bits per heavy atom. The molecule has 0 bridgehead atoms. The van der Waals surface area contributed by atoms with Crippen molar-refractivity contribution in [2.45, 2.75) is 43.5 Å². The van der Waals surface area contributed by atoms with Crippen LogP contribution in [-0.2, 0) is 17.3 Å². The number of benzene rings is 2. The first kappa shape index (κ1) is 21.0. The standard InChI is InChI=1S/C22H25FN4OS/c1-14(20(28)24-18-12-10-17(23)11-13-18)29-21-26-25-19(27(21)5)15-6-8-16(9-7-15)22(2,3)4/h6-14H,1-5H3,(H,24,28)/t14-/m0/s1. The summed E-state index contributed by atoms with van der Waals surface area (Å²) in [5.41, 5.74) is 2.88. The highest BCUT2D eigenvalue weighted by Crippen LogP contribution is 2.28. The van der Waals surface area contributed by atoms with Gasteiger partial charge >= 0.3 is 0 Å². The number of hydrogen-bond acceptors (Lipinski definition) is 4. The molecule has 5 nitrogen and oxygen atoms in total. The molecule has 0 spiro atoms. The average Bonchev–Trinajstić information content (AvgIpc) is 3.03. The van der Waals surface area contributed by atoms with Crippen LogP contribution >= 0.6 is 11.8 Å². The second kappa shape index (κ2) is 8.37. The smallest absolute Gasteiger partial charge is 0.237 e. The van der Waals surface area contributed by atoms with E-state index in [9.17, 15) is 9.18 Å². The molecule has 0 aliphatic rings. The van der Waals surface area contributed by atoms with Crippen molar-refractivity contribution >= 4 is 23.4 Å². The van der Waals surface area contributed by atoms with Crippen molar-refractivity contribution in [1.82, 2.24) is 14.8 Å². The zero-order valence-corrected chi connectivity index (χ0v) is 18.0. The summed E-state index contributed by atoms with van der Waals surface area (Å²) >= 11 is 1.33. The lowest BCUT2D eigenvalue weighted by atomic mass is 9.87. The number of nitrogens with one attached hydrogen (secondary N) is 1. The van der Waals surface area contributed by atoms with Crippen LogP contribution in [0.4, 0.5) is 10.1 Å². The maximum Gasteiger partial charge on any atom is 0.237 e. The number of rotatable bonds is 5. The van der Waals surface area contributed by atoms with E-state index in [1.807, 2.05) is 23.7 Å². The minimum absolute atomic E-state index is 0.0900. The molecule has 29 heavy (non-hydrogen) atoms. The molecule has 0 aliphatic carbocycles. The monoisotopic (exact) mass is 412 g/mol. The van der Waals surface area contributed by atoms with E-state index < -0.39 is 0 Å². The minimum Gasteiger partial charge on any atom is -0.325 e. The second-order valence-corrected chi connectivity index (χ2v) is 9.26. The number of aromatic nitrogens is 3. The summed E-state index contributed by atoms with van der Waals surface area (Å²) in [6.45, 7) is 8.34. The van der Waals surface area contributed by atoms with Crippen LogP contribution in [0, 0.1) is 5.82 Å². The third-order valence-corrected chi connectivity index (χ3v) is 5.74. The molecule has 7 heteroatoms. The summed E-state index contributed by atoms with van der Waals surface area (Å²) in [5, 5.41) is 11.6. The molecule has 0 unspecified atom stereocenters. The quantitative estimate of drug-likeness (QED) is 0.597. The third-order valence-electron chi connectivity index (χ3n) is 4.61. The predicted molar refractivity (Wildman–Crippen MR) is 115 cm³/mol. The Kier molecular flexibility index (Phi) is 6.07. The van der Waals surface area contributed by atoms with E-state index in [1.165, 1.54) is 41.6 Å². The van der Waals surface area contributed by atoms with Crippen molar-refractivity contribution in [2.75, 3.05) is 5.32 Å². The van der Waals surface area contributed by atoms with Crippen molar-refractivity contribution in [3.63, 3.8) is 0 Å². The zero-order chi connectivity index (χ0) is 21.2. The van der Waals surface area contributed by atoms with Gasteiger partial charge in [0, 0.05) is 18.3 Å². The predicted octanol–water partition coefficient (Wildman–Crippen LogP) is 5.04. The minimum atomic E-state index is -0.390. The fraction of sp³-hybridized carbons (Fsp3) is 0.318. The first-order chi connectivity index (χ1) is 13.6. The van der Waals surface area contributed by atoms with E-state index in [0.717, 1.165) is 11.4 Å². The molecule has 1 aromatic heterocycles. The highest BCUT2D eigenvalue weighted by Gasteiger charge is 2.20. The third kappa shape index (κ3) is 5.03. The van der Waals surface area contributed by atoms with Gasteiger partial charge in [0.15, 0.2) is 11.0 Å². The fourth-order valence-corrected chi connectivity index (χ4v) is 3.59. The Morgan fingerprint density at radius 2 is 1.69 bits per heavy atom. The van der Waals surface area contributed by atoms with E-state index in [1.54, 1.807) is 6.92 Å². The summed E-state index contributed by atoms with van der Waals surface area (Å²) in [6.07, 6.45) is 0. The van der Waals surface area contributed by atoms with Crippen molar-refractivity contribution in [3.05, 3.63) is 59.9 Å². The second-order valence-electron chi connectivity index (χ2n) is 7.95. The van der Waals surface area contributed by atoms with Crippen molar-refractivity contribution < 1.29 is 9.18 Å². The van der Waals surface area contributed by atoms with Gasteiger partial charge in [-0.2, -0.15) is 0 Å². The Morgan fingerprint density at radius 3 is 2.28 bits per heavy atom. The van der Waals surface area contributed by atoms with Gasteiger partial charge in [0.1, 0.15) is 5.82 Å². The Balaban J connectivity index is 1.70. The van der Waals surface area contributed by atoms with Gasteiger partial charge in [-0.05, 0) is 42.2 Å². The van der Waals surface area contributed by atoms with E-state index in [0.29, 0.717) is 10.8 Å². The van der Waals surface area contributed by atoms with Crippen LogP contribution in [0.2, 0.25) is 0 Å². The number of halogens is 1. The number of anilines is 1. The summed E-state index contributed by atoms with van der Waals surface area (Å²) in [4.78, 5) is 12.4. The van der Waals surface area contributed by atoms with Gasteiger partial charge in [0.2, 0.25) is 5.91 Å². The summed E-state index contributed by atoms with van der Waals surface area (Å²) in [5.74, 6) is 0.229. The van der Waals surface area contributed by atoms with Gasteiger partial charge in [-0.15, -0.1) is 10.2 Å². The molecule has 0 radical (unpaired) electrons. The number of carbonyl (C=O) groups excluding carboxylic acids is 1. The summed E-state index contributed by atoms with van der Waals surface area (Å²) < 4.78 is 14.9. The summed E-state index contributed by atoms with van der Waals surface area (Å²) in [7, 11) is 1.89. The van der Waals surface area contributed by atoms with E-state index in [-0.39, 0.29) is 22.4 Å². The van der Waals surface area contributed by atoms with Crippen LogP contribution in [-0.4, -0.2) is 25.9 Å². The molecule has 3 aromatic rings. The molecule has 1 N–H and O–H groups in total. The van der Waals surface area contributed by atoms with Gasteiger partial charge in [-0.1, -0.05) is 56.8 Å². The zero-order valence-electron chi connectivity index (χ0n) is 17.2. The summed E-state index contributed by atoms with van der Waals surface area (Å²) in [6, 6.07) is 14.0. The van der Waals surface area contributed by atoms with Crippen LogP contribution in [0.25, 0.3) is 11.4 Å². The first-order valence-corrected chi connectivity index (χ1v) is 10.3. The topological polar surface area (TPSA) is 59.8 Å². The van der Waals surface area contributed by atoms with E-state index in [2.05, 4.69) is 48.4 Å². The van der Waals surface area contributed by atoms with Gasteiger partial charge < -0.3 is 9.88 Å². The lowest BCUT2D eigenvalue weighted by Gasteiger charge is -2.19. The lowest BCUT2D eigenvalue weighted by Crippen LogP contribution is -2.22. The SMILES string of the molecule is C[C@H](Sc1nnc(-c2ccc(C(C)(C)C)cc2)n1C)C(=O)Nc1ccc(F)cc1. The highest BCUT2D eigenvalue weighted by molar-refractivity contribution is 8.00. The van der Waals surface area contributed by atoms with Gasteiger partial charge in [-0.25, -0.2) is 4.39 Å². The molecule has 1 heterocycles. The Labute approximate surface area is 174 Å². The molecule has 0 saturated carbocycles.